The van der Waals surface area contributed by atoms with E-state index in [0.717, 1.165) is 25.9 Å². The van der Waals surface area contributed by atoms with Gasteiger partial charge in [0.25, 0.3) is 5.76 Å². The molecule has 28 heavy (non-hydrogen) atoms. The first-order valence-corrected chi connectivity index (χ1v) is 10.5. The highest BCUT2D eigenvalue weighted by Gasteiger charge is 2.25. The van der Waals surface area contributed by atoms with Gasteiger partial charge < -0.3 is 15.1 Å². The number of hydrogen-bond donors (Lipinski definition) is 1. The first kappa shape index (κ1) is 20.9. The minimum Gasteiger partial charge on any atom is -0.342 e. The number of piperidine rings is 1. The molecule has 1 aromatic rings. The number of anilines is 1. The van der Waals surface area contributed by atoms with Gasteiger partial charge in [0.1, 0.15) is 0 Å². The van der Waals surface area contributed by atoms with E-state index in [2.05, 4.69) is 10.2 Å². The largest absolute Gasteiger partial charge is 0.342 e. The van der Waals surface area contributed by atoms with Crippen molar-refractivity contribution in [3.05, 3.63) is 24.3 Å². The van der Waals surface area contributed by atoms with Crippen LogP contribution in [0.4, 0.5) is 19.3 Å². The molecule has 2 aliphatic heterocycles. The van der Waals surface area contributed by atoms with Crippen molar-refractivity contribution in [1.82, 2.24) is 14.7 Å². The summed E-state index contributed by atoms with van der Waals surface area (Å²) >= 11 is 0.417. The Morgan fingerprint density at radius 3 is 2.32 bits per heavy atom. The maximum absolute atomic E-state index is 12.7. The second-order valence-electron chi connectivity index (χ2n) is 7.01. The van der Waals surface area contributed by atoms with E-state index in [9.17, 15) is 18.4 Å². The summed E-state index contributed by atoms with van der Waals surface area (Å²) in [5, 5.41) is 2.73. The van der Waals surface area contributed by atoms with Gasteiger partial charge in [-0.15, -0.1) is 0 Å². The van der Waals surface area contributed by atoms with E-state index in [-0.39, 0.29) is 11.9 Å². The van der Waals surface area contributed by atoms with Crippen LogP contribution in [0.5, 0.6) is 0 Å². The summed E-state index contributed by atoms with van der Waals surface area (Å²) in [6, 6.07) is 6.25. The molecule has 2 heterocycles. The van der Waals surface area contributed by atoms with Crippen molar-refractivity contribution in [1.29, 1.82) is 0 Å². The lowest BCUT2D eigenvalue weighted by Gasteiger charge is -2.36. The SMILES string of the molecule is O=C(CN1CCN(C(=O)Nc2ccccc2SC(F)F)CC1)N1CCCCC1. The number of amides is 3. The zero-order valence-electron chi connectivity index (χ0n) is 15.8. The van der Waals surface area contributed by atoms with Crippen LogP contribution in [0.2, 0.25) is 0 Å². The zero-order valence-corrected chi connectivity index (χ0v) is 16.6. The minimum atomic E-state index is -2.54. The van der Waals surface area contributed by atoms with E-state index in [1.54, 1.807) is 29.2 Å². The summed E-state index contributed by atoms with van der Waals surface area (Å²) in [6.45, 7) is 4.34. The first-order valence-electron chi connectivity index (χ1n) is 9.63. The Morgan fingerprint density at radius 2 is 1.64 bits per heavy atom. The number of benzene rings is 1. The van der Waals surface area contributed by atoms with Gasteiger partial charge in [-0.05, 0) is 31.4 Å². The molecule has 1 N–H and O–H groups in total. The second kappa shape index (κ2) is 10.1. The van der Waals surface area contributed by atoms with Gasteiger partial charge in [0, 0.05) is 44.2 Å². The monoisotopic (exact) mass is 412 g/mol. The van der Waals surface area contributed by atoms with Gasteiger partial charge in [-0.25, -0.2) is 4.79 Å². The first-order chi connectivity index (χ1) is 13.5. The lowest BCUT2D eigenvalue weighted by molar-refractivity contribution is -0.133. The molecular weight excluding hydrogens is 386 g/mol. The van der Waals surface area contributed by atoms with Gasteiger partial charge in [0.15, 0.2) is 0 Å². The van der Waals surface area contributed by atoms with Crippen molar-refractivity contribution in [2.75, 3.05) is 51.1 Å². The number of carbonyl (C=O) groups excluding carboxylic acids is 2. The van der Waals surface area contributed by atoms with Gasteiger partial charge in [0.2, 0.25) is 5.91 Å². The van der Waals surface area contributed by atoms with E-state index in [1.165, 1.54) is 6.42 Å². The van der Waals surface area contributed by atoms with Crippen LogP contribution < -0.4 is 5.32 Å². The number of thioether (sulfide) groups is 1. The molecule has 2 aliphatic rings. The van der Waals surface area contributed by atoms with E-state index in [0.29, 0.717) is 55.1 Å². The van der Waals surface area contributed by atoms with Crippen LogP contribution in [0, 0.1) is 0 Å². The molecule has 0 aromatic heterocycles. The lowest BCUT2D eigenvalue weighted by atomic mass is 10.1. The molecule has 2 saturated heterocycles. The maximum Gasteiger partial charge on any atom is 0.321 e. The number of urea groups is 1. The number of rotatable bonds is 5. The van der Waals surface area contributed by atoms with E-state index >= 15 is 0 Å². The number of nitrogens with one attached hydrogen (secondary N) is 1. The number of alkyl halides is 2. The Balaban J connectivity index is 1.47. The van der Waals surface area contributed by atoms with Crippen LogP contribution in [0.25, 0.3) is 0 Å². The highest BCUT2D eigenvalue weighted by Crippen LogP contribution is 2.31. The fourth-order valence-corrected chi connectivity index (χ4v) is 4.10. The zero-order chi connectivity index (χ0) is 19.9. The molecule has 0 spiro atoms. The van der Waals surface area contributed by atoms with Crippen molar-refractivity contribution in [3.63, 3.8) is 0 Å². The number of halogens is 2. The Bertz CT molecular complexity index is 678. The van der Waals surface area contributed by atoms with Gasteiger partial charge in [-0.3, -0.25) is 9.69 Å². The fourth-order valence-electron chi connectivity index (χ4n) is 3.51. The molecule has 0 aliphatic carbocycles. The van der Waals surface area contributed by atoms with Crippen molar-refractivity contribution in [2.24, 2.45) is 0 Å². The topological polar surface area (TPSA) is 55.9 Å². The number of piperazine rings is 1. The van der Waals surface area contributed by atoms with Crippen LogP contribution in [-0.4, -0.2) is 78.2 Å². The average Bonchev–Trinajstić information content (AvgIpc) is 2.70. The lowest BCUT2D eigenvalue weighted by Crippen LogP contribution is -2.52. The third-order valence-corrected chi connectivity index (χ3v) is 5.86. The number of hydrogen-bond acceptors (Lipinski definition) is 4. The molecule has 0 radical (unpaired) electrons. The van der Waals surface area contributed by atoms with Crippen molar-refractivity contribution >= 4 is 29.4 Å². The number of para-hydroxylation sites is 1. The third kappa shape index (κ3) is 5.81. The molecule has 1 aromatic carbocycles. The predicted molar refractivity (Wildman–Crippen MR) is 106 cm³/mol. The number of nitrogens with zero attached hydrogens (tertiary/aromatic N) is 3. The van der Waals surface area contributed by atoms with Crippen molar-refractivity contribution < 1.29 is 18.4 Å². The quantitative estimate of drug-likeness (QED) is 0.755. The van der Waals surface area contributed by atoms with Crippen LogP contribution in [0.3, 0.4) is 0 Å². The fraction of sp³-hybridized carbons (Fsp3) is 0.579. The smallest absolute Gasteiger partial charge is 0.321 e. The molecule has 154 valence electrons. The Kier molecular flexibility index (Phi) is 7.50. The molecule has 0 atom stereocenters. The summed E-state index contributed by atoms with van der Waals surface area (Å²) in [4.78, 5) is 30.9. The van der Waals surface area contributed by atoms with Gasteiger partial charge in [-0.2, -0.15) is 8.78 Å². The molecule has 0 unspecified atom stereocenters. The summed E-state index contributed by atoms with van der Waals surface area (Å²) < 4.78 is 25.4. The molecule has 6 nitrogen and oxygen atoms in total. The Morgan fingerprint density at radius 1 is 0.964 bits per heavy atom. The Labute approximate surface area is 168 Å². The third-order valence-electron chi connectivity index (χ3n) is 5.07. The van der Waals surface area contributed by atoms with E-state index < -0.39 is 5.76 Å². The maximum atomic E-state index is 12.7. The number of likely N-dealkylation sites (tertiary alicyclic amines) is 1. The predicted octanol–water partition coefficient (Wildman–Crippen LogP) is 3.16. The van der Waals surface area contributed by atoms with Gasteiger partial charge in [-0.1, -0.05) is 23.9 Å². The summed E-state index contributed by atoms with van der Waals surface area (Å²) in [6.07, 6.45) is 3.34. The van der Waals surface area contributed by atoms with Crippen molar-refractivity contribution in [2.45, 2.75) is 29.9 Å². The minimum absolute atomic E-state index is 0.163. The molecular formula is C19H26F2N4O2S. The summed E-state index contributed by atoms with van der Waals surface area (Å²) in [7, 11) is 0. The van der Waals surface area contributed by atoms with Gasteiger partial charge in [0.05, 0.1) is 12.2 Å². The summed E-state index contributed by atoms with van der Waals surface area (Å²) in [5.74, 6) is -2.38. The molecule has 0 saturated carbocycles. The Hall–Kier alpha value is -1.87. The highest BCUT2D eigenvalue weighted by molar-refractivity contribution is 7.99. The molecule has 0 bridgehead atoms. The van der Waals surface area contributed by atoms with Crippen LogP contribution in [0.15, 0.2) is 29.2 Å². The molecule has 9 heteroatoms. The van der Waals surface area contributed by atoms with Crippen LogP contribution in [0.1, 0.15) is 19.3 Å². The molecule has 3 amide bonds. The molecule has 2 fully saturated rings. The van der Waals surface area contributed by atoms with E-state index in [1.807, 2.05) is 4.90 Å². The standard InChI is InChI=1S/C19H26F2N4O2S/c20-18(21)28-16-7-3-2-6-15(16)22-19(27)25-12-10-23(11-13-25)14-17(26)24-8-4-1-5-9-24/h2-3,6-7,18H,1,4-5,8-14H2,(H,22,27). The second-order valence-corrected chi connectivity index (χ2v) is 8.04. The van der Waals surface area contributed by atoms with Crippen LogP contribution >= 0.6 is 11.8 Å². The van der Waals surface area contributed by atoms with Gasteiger partial charge >= 0.3 is 6.03 Å². The summed E-state index contributed by atoms with van der Waals surface area (Å²) in [5.41, 5.74) is 0.389. The number of carbonyl (C=O) groups is 2. The molecule has 3 rings (SSSR count). The average molecular weight is 413 g/mol. The normalized spacial score (nSPS) is 18.4. The van der Waals surface area contributed by atoms with Crippen molar-refractivity contribution in [3.8, 4) is 0 Å². The van der Waals surface area contributed by atoms with E-state index in [4.69, 9.17) is 0 Å². The highest BCUT2D eigenvalue weighted by atomic mass is 32.2. The van der Waals surface area contributed by atoms with Crippen LogP contribution in [-0.2, 0) is 4.79 Å².